The number of aliphatic hydroxyl groups is 5. The van der Waals surface area contributed by atoms with E-state index in [9.17, 15) is 49.8 Å². The van der Waals surface area contributed by atoms with Gasteiger partial charge in [0, 0.05) is 44.4 Å². The fourth-order valence-electron chi connectivity index (χ4n) is 9.50. The van der Waals surface area contributed by atoms with Crippen molar-refractivity contribution in [1.29, 1.82) is 0 Å². The average molecular weight is 932 g/mol. The predicted octanol–water partition coefficient (Wildman–Crippen LogP) is 1.66. The first-order valence-corrected chi connectivity index (χ1v) is 23.9. The highest BCUT2D eigenvalue weighted by Gasteiger charge is 2.51. The number of nitrogens with one attached hydrogen (secondary N) is 3. The largest absolute Gasteiger partial charge is 0.479 e. The van der Waals surface area contributed by atoms with Crippen LogP contribution >= 0.6 is 0 Å². The molecular weight excluding hydrogens is 851 g/mol. The molecule has 19 heteroatoms. The number of ether oxygens (including phenoxy) is 6. The minimum Gasteiger partial charge on any atom is -0.479 e. The van der Waals surface area contributed by atoms with E-state index in [1.807, 2.05) is 41.5 Å². The molecule has 2 aliphatic heterocycles. The van der Waals surface area contributed by atoms with Gasteiger partial charge in [-0.1, -0.05) is 59.3 Å². The number of hydrogen-bond donors (Lipinski definition) is 9. The van der Waals surface area contributed by atoms with Crippen LogP contribution in [0.3, 0.4) is 0 Å². The second-order valence-corrected chi connectivity index (χ2v) is 20.0. The summed E-state index contributed by atoms with van der Waals surface area (Å²) in [7, 11) is 0. The lowest BCUT2D eigenvalue weighted by Gasteiger charge is -2.46. The molecule has 0 bridgehead atoms. The van der Waals surface area contributed by atoms with Crippen molar-refractivity contribution in [2.45, 2.75) is 218 Å². The van der Waals surface area contributed by atoms with Gasteiger partial charge < -0.3 is 75.0 Å². The molecule has 4 rings (SSSR count). The topological polar surface area (TPSA) is 281 Å². The van der Waals surface area contributed by atoms with E-state index in [4.69, 9.17) is 28.4 Å². The summed E-state index contributed by atoms with van der Waals surface area (Å²) in [6.07, 6.45) is -8.54. The van der Waals surface area contributed by atoms with Crippen LogP contribution in [0.25, 0.3) is 0 Å². The SMILES string of the molecule is CC[C@@H]1CC(C(=O)NCCNC(=O)C(C)(CC)CCOC(C)(C)C)CC(O[C@@H]2OC(CO)[C@H](O)C(O[C@@H](CC3CCCCC3)C(=O)O)C2NC(C)=O)CC1OC1O[C@@H](C)C(O)C(O)[C@@H]1O. The Morgan fingerprint density at radius 3 is 2.11 bits per heavy atom. The van der Waals surface area contributed by atoms with Crippen molar-refractivity contribution in [2.24, 2.45) is 23.2 Å². The van der Waals surface area contributed by atoms with E-state index in [-0.39, 0.29) is 68.0 Å². The van der Waals surface area contributed by atoms with Gasteiger partial charge >= 0.3 is 5.97 Å². The smallest absolute Gasteiger partial charge is 0.332 e. The molecule has 16 atom stereocenters. The standard InChI is InChI=1S/C46H81N3O16/c1-9-28-21-29(40(56)47-17-18-48-44(59)46(8,10-2)16-19-60-45(5,6)7)22-30(23-31(28)64-43-38(55)37(54)35(52)25(3)61-43)62-42-34(49-26(4)51)39(36(53)33(24-50)65-42)63-32(41(57)58)20-27-14-12-11-13-15-27/h25,27-39,42-43,50,52-55H,9-24H2,1-8H3,(H,47,56)(H,48,59)(H,49,51)(H,57,58)/t25-,28+,29?,30?,31?,32-,33?,34?,35?,36-,37?,38-,39?,42+,43?,46?/m0/s1. The summed E-state index contributed by atoms with van der Waals surface area (Å²) in [6.45, 7) is 14.4. The number of carbonyl (C=O) groups excluding carboxylic acids is 3. The maximum Gasteiger partial charge on any atom is 0.332 e. The molecule has 2 aliphatic carbocycles. The zero-order valence-electron chi connectivity index (χ0n) is 39.8. The van der Waals surface area contributed by atoms with Crippen LogP contribution in [0, 0.1) is 23.2 Å². The van der Waals surface area contributed by atoms with Crippen molar-refractivity contribution in [3.63, 3.8) is 0 Å². The van der Waals surface area contributed by atoms with Crippen LogP contribution in [0.1, 0.15) is 132 Å². The number of rotatable bonds is 21. The van der Waals surface area contributed by atoms with E-state index < -0.39 is 109 Å². The van der Waals surface area contributed by atoms with Crippen LogP contribution in [-0.4, -0.2) is 166 Å². The van der Waals surface area contributed by atoms with Gasteiger partial charge in [0.05, 0.1) is 30.5 Å². The fraction of sp³-hybridized carbons (Fsp3) is 0.913. The summed E-state index contributed by atoms with van der Waals surface area (Å²) in [6, 6.07) is -1.27. The Balaban J connectivity index is 1.58. The number of hydrogen-bond acceptors (Lipinski definition) is 15. The van der Waals surface area contributed by atoms with Gasteiger partial charge in [-0.3, -0.25) is 14.4 Å². The number of amides is 3. The second kappa shape index (κ2) is 25.2. The molecule has 2 saturated carbocycles. The highest BCUT2D eigenvalue weighted by Crippen LogP contribution is 2.38. The molecule has 0 aromatic rings. The molecule has 19 nitrogen and oxygen atoms in total. The summed E-state index contributed by atoms with van der Waals surface area (Å²) >= 11 is 0. The van der Waals surface area contributed by atoms with E-state index in [1.54, 1.807) is 0 Å². The van der Waals surface area contributed by atoms with Crippen LogP contribution < -0.4 is 16.0 Å². The van der Waals surface area contributed by atoms with Crippen LogP contribution in [0.5, 0.6) is 0 Å². The highest BCUT2D eigenvalue weighted by atomic mass is 16.7. The molecule has 2 heterocycles. The van der Waals surface area contributed by atoms with Gasteiger partial charge in [0.1, 0.15) is 42.7 Å². The first kappa shape index (κ1) is 55.0. The molecule has 4 aliphatic rings. The lowest BCUT2D eigenvalue weighted by Crippen LogP contribution is -2.66. The van der Waals surface area contributed by atoms with Gasteiger partial charge in [0.2, 0.25) is 17.7 Å². The third-order valence-electron chi connectivity index (χ3n) is 13.8. The minimum atomic E-state index is -1.61. The van der Waals surface area contributed by atoms with Crippen molar-refractivity contribution >= 4 is 23.7 Å². The molecule has 376 valence electrons. The number of aliphatic carboxylic acids is 1. The third kappa shape index (κ3) is 15.7. The number of carbonyl (C=O) groups is 4. The van der Waals surface area contributed by atoms with Gasteiger partial charge in [-0.25, -0.2) is 4.79 Å². The normalized spacial score (nSPS) is 35.3. The van der Waals surface area contributed by atoms with Gasteiger partial charge in [-0.2, -0.15) is 0 Å². The van der Waals surface area contributed by atoms with E-state index >= 15 is 0 Å². The zero-order valence-corrected chi connectivity index (χ0v) is 39.8. The van der Waals surface area contributed by atoms with Crippen molar-refractivity contribution in [3.8, 4) is 0 Å². The fourth-order valence-corrected chi connectivity index (χ4v) is 9.50. The maximum absolute atomic E-state index is 14.1. The second-order valence-electron chi connectivity index (χ2n) is 20.0. The summed E-state index contributed by atoms with van der Waals surface area (Å²) < 4.78 is 37.1. The Labute approximate surface area is 384 Å². The maximum atomic E-state index is 14.1. The first-order valence-electron chi connectivity index (χ1n) is 23.9. The van der Waals surface area contributed by atoms with Crippen molar-refractivity contribution in [2.75, 3.05) is 26.3 Å². The van der Waals surface area contributed by atoms with Crippen LogP contribution in [0.15, 0.2) is 0 Å². The monoisotopic (exact) mass is 932 g/mol. The Kier molecular flexibility index (Phi) is 21.3. The molecule has 0 spiro atoms. The van der Waals surface area contributed by atoms with E-state index in [0.29, 0.717) is 25.9 Å². The van der Waals surface area contributed by atoms with Crippen molar-refractivity contribution in [3.05, 3.63) is 0 Å². The number of carboxylic acids is 1. The van der Waals surface area contributed by atoms with Gasteiger partial charge in [-0.05, 0) is 71.6 Å². The zero-order chi connectivity index (χ0) is 48.2. The molecule has 10 unspecified atom stereocenters. The predicted molar refractivity (Wildman–Crippen MR) is 235 cm³/mol. The summed E-state index contributed by atoms with van der Waals surface area (Å²) in [5.74, 6) is -3.21. The molecule has 9 N–H and O–H groups in total. The minimum absolute atomic E-state index is 0.0798. The number of aliphatic hydroxyl groups excluding tert-OH is 5. The third-order valence-corrected chi connectivity index (χ3v) is 13.8. The Morgan fingerprint density at radius 1 is 0.831 bits per heavy atom. The molecule has 0 aromatic carbocycles. The quantitative estimate of drug-likeness (QED) is 0.0585. The molecule has 0 aromatic heterocycles. The van der Waals surface area contributed by atoms with Gasteiger partial charge in [0.25, 0.3) is 0 Å². The summed E-state index contributed by atoms with van der Waals surface area (Å²) in [5, 5.41) is 72.7. The molecule has 65 heavy (non-hydrogen) atoms. The summed E-state index contributed by atoms with van der Waals surface area (Å²) in [5.41, 5.74) is -1.02. The highest BCUT2D eigenvalue weighted by molar-refractivity contribution is 5.82. The Bertz CT molecular complexity index is 1510. The van der Waals surface area contributed by atoms with Crippen LogP contribution in [0.4, 0.5) is 0 Å². The Hall–Kier alpha value is -2.56. The molecule has 2 saturated heterocycles. The van der Waals surface area contributed by atoms with Gasteiger partial charge in [0.15, 0.2) is 18.7 Å². The first-order chi connectivity index (χ1) is 30.6. The molecule has 4 fully saturated rings. The lowest BCUT2D eigenvalue weighted by molar-refractivity contribution is -0.314. The molecule has 0 radical (unpaired) electrons. The van der Waals surface area contributed by atoms with Crippen LogP contribution in [-0.2, 0) is 47.6 Å². The van der Waals surface area contributed by atoms with Crippen molar-refractivity contribution < 1.29 is 78.2 Å². The van der Waals surface area contributed by atoms with E-state index in [1.165, 1.54) is 13.8 Å². The molecular formula is C46H81N3O16. The lowest BCUT2D eigenvalue weighted by atomic mass is 9.83. The molecule has 3 amide bonds. The summed E-state index contributed by atoms with van der Waals surface area (Å²) in [4.78, 5) is 52.8. The van der Waals surface area contributed by atoms with Gasteiger partial charge in [-0.15, -0.1) is 0 Å². The number of carboxylic acid groups (broad SMARTS) is 1. The van der Waals surface area contributed by atoms with E-state index in [2.05, 4.69) is 16.0 Å². The average Bonchev–Trinajstić information content (AvgIpc) is 3.43. The van der Waals surface area contributed by atoms with E-state index in [0.717, 1.165) is 32.1 Å². The van der Waals surface area contributed by atoms with Crippen molar-refractivity contribution in [1.82, 2.24) is 16.0 Å². The Morgan fingerprint density at radius 2 is 1.51 bits per heavy atom. The van der Waals surface area contributed by atoms with Crippen LogP contribution in [0.2, 0.25) is 0 Å².